The third-order valence-electron chi connectivity index (χ3n) is 3.74. The van der Waals surface area contributed by atoms with Gasteiger partial charge in [0.1, 0.15) is 0 Å². The summed E-state index contributed by atoms with van der Waals surface area (Å²) < 4.78 is 26.7. The molecule has 1 saturated heterocycles. The van der Waals surface area contributed by atoms with Gasteiger partial charge in [0.05, 0.1) is 11.4 Å². The molecule has 1 fully saturated rings. The zero-order valence-electron chi connectivity index (χ0n) is 12.4. The maximum absolute atomic E-state index is 12.0. The minimum Gasteiger partial charge on any atom is -0.372 e. The van der Waals surface area contributed by atoms with E-state index in [9.17, 15) is 8.42 Å². The molecule has 0 spiro atoms. The molecule has 0 unspecified atom stereocenters. The van der Waals surface area contributed by atoms with E-state index in [1.54, 1.807) is 0 Å². The van der Waals surface area contributed by atoms with Gasteiger partial charge >= 0.3 is 0 Å². The lowest BCUT2D eigenvalue weighted by Crippen LogP contribution is -2.19. The Kier molecular flexibility index (Phi) is 5.76. The number of benzene rings is 1. The first-order valence-electron chi connectivity index (χ1n) is 7.44. The van der Waals surface area contributed by atoms with Gasteiger partial charge < -0.3 is 4.90 Å². The lowest BCUT2D eigenvalue weighted by molar-refractivity contribution is 0.598. The van der Waals surface area contributed by atoms with E-state index in [0.717, 1.165) is 25.1 Å². The molecule has 2 rings (SSSR count). The van der Waals surface area contributed by atoms with Gasteiger partial charge in [-0.15, -0.1) is 11.6 Å². The lowest BCUT2D eigenvalue weighted by Gasteiger charge is -2.19. The molecule has 1 N–H and O–H groups in total. The number of aryl methyl sites for hydroxylation is 1. The molecule has 1 heterocycles. The van der Waals surface area contributed by atoms with Gasteiger partial charge in [0, 0.05) is 24.7 Å². The molecule has 1 aromatic carbocycles. The van der Waals surface area contributed by atoms with E-state index in [0.29, 0.717) is 18.0 Å². The van der Waals surface area contributed by atoms with Crippen molar-refractivity contribution in [1.29, 1.82) is 0 Å². The van der Waals surface area contributed by atoms with E-state index in [4.69, 9.17) is 11.6 Å². The van der Waals surface area contributed by atoms with Crippen LogP contribution in [0.25, 0.3) is 0 Å². The van der Waals surface area contributed by atoms with Gasteiger partial charge in [-0.2, -0.15) is 0 Å². The predicted molar refractivity (Wildman–Crippen MR) is 90.0 cm³/mol. The van der Waals surface area contributed by atoms with Crippen LogP contribution in [0.2, 0.25) is 0 Å². The second-order valence-corrected chi connectivity index (χ2v) is 7.73. The number of nitrogens with one attached hydrogen (secondary N) is 1. The van der Waals surface area contributed by atoms with Gasteiger partial charge in [-0.1, -0.05) is 0 Å². The normalized spacial score (nSPS) is 15.4. The molecule has 1 aromatic rings. The zero-order chi connectivity index (χ0) is 15.3. The zero-order valence-corrected chi connectivity index (χ0v) is 14.0. The topological polar surface area (TPSA) is 49.4 Å². The maximum atomic E-state index is 12.0. The third kappa shape index (κ3) is 4.78. The average molecular weight is 331 g/mol. The highest BCUT2D eigenvalue weighted by Gasteiger charge is 2.15. The number of hydrogen-bond acceptors (Lipinski definition) is 3. The minimum atomic E-state index is -3.28. The Morgan fingerprint density at radius 2 is 1.95 bits per heavy atom. The van der Waals surface area contributed by atoms with E-state index < -0.39 is 10.0 Å². The Bertz CT molecular complexity index is 569. The quantitative estimate of drug-likeness (QED) is 0.616. The highest BCUT2D eigenvalue weighted by molar-refractivity contribution is 7.92. The summed E-state index contributed by atoms with van der Waals surface area (Å²) >= 11 is 5.58. The number of alkyl halides is 1. The van der Waals surface area contributed by atoms with Gasteiger partial charge in [0.25, 0.3) is 0 Å². The molecule has 21 heavy (non-hydrogen) atoms. The van der Waals surface area contributed by atoms with Crippen LogP contribution < -0.4 is 9.62 Å². The lowest BCUT2D eigenvalue weighted by atomic mass is 10.2. The number of unbranched alkanes of at least 4 members (excludes halogenated alkanes) is 1. The number of halogens is 1. The molecule has 1 aliphatic rings. The van der Waals surface area contributed by atoms with Crippen LogP contribution in [0, 0.1) is 6.92 Å². The second-order valence-electron chi connectivity index (χ2n) is 5.51. The average Bonchev–Trinajstić information content (AvgIpc) is 2.95. The summed E-state index contributed by atoms with van der Waals surface area (Å²) in [5.41, 5.74) is 2.80. The summed E-state index contributed by atoms with van der Waals surface area (Å²) in [7, 11) is -3.28. The Morgan fingerprint density at radius 3 is 2.57 bits per heavy atom. The fourth-order valence-corrected chi connectivity index (χ4v) is 3.98. The summed E-state index contributed by atoms with van der Waals surface area (Å²) in [5.74, 6) is 0.617. The monoisotopic (exact) mass is 330 g/mol. The molecule has 0 amide bonds. The molecule has 6 heteroatoms. The number of rotatable bonds is 7. The first-order chi connectivity index (χ1) is 10.0. The van der Waals surface area contributed by atoms with Crippen LogP contribution in [0.1, 0.15) is 31.2 Å². The SMILES string of the molecule is Cc1cc(N2CCCC2)ccc1NS(=O)(=O)CCCCCl. The Labute approximate surface area is 132 Å². The molecule has 0 radical (unpaired) electrons. The summed E-state index contributed by atoms with van der Waals surface area (Å²) in [6.07, 6.45) is 3.76. The molecule has 1 aliphatic heterocycles. The van der Waals surface area contributed by atoms with Gasteiger partial charge in [-0.25, -0.2) is 8.42 Å². The summed E-state index contributed by atoms with van der Waals surface area (Å²) in [5, 5.41) is 0. The van der Waals surface area contributed by atoms with E-state index in [-0.39, 0.29) is 5.75 Å². The first kappa shape index (κ1) is 16.4. The van der Waals surface area contributed by atoms with Crippen molar-refractivity contribution in [3.63, 3.8) is 0 Å². The number of anilines is 2. The van der Waals surface area contributed by atoms with Gasteiger partial charge in [0.15, 0.2) is 0 Å². The van der Waals surface area contributed by atoms with Crippen LogP contribution in [0.15, 0.2) is 18.2 Å². The van der Waals surface area contributed by atoms with Crippen LogP contribution in [0.3, 0.4) is 0 Å². The van der Waals surface area contributed by atoms with Crippen LogP contribution in [-0.2, 0) is 10.0 Å². The van der Waals surface area contributed by atoms with Crippen LogP contribution in [0.5, 0.6) is 0 Å². The van der Waals surface area contributed by atoms with Crippen molar-refractivity contribution in [3.05, 3.63) is 23.8 Å². The predicted octanol–water partition coefficient (Wildman–Crippen LogP) is 3.36. The summed E-state index contributed by atoms with van der Waals surface area (Å²) in [6.45, 7) is 4.11. The molecule has 0 saturated carbocycles. The number of sulfonamides is 1. The first-order valence-corrected chi connectivity index (χ1v) is 9.62. The van der Waals surface area contributed by atoms with Gasteiger partial charge in [0.2, 0.25) is 10.0 Å². The fraction of sp³-hybridized carbons (Fsp3) is 0.600. The van der Waals surface area contributed by atoms with E-state index in [1.807, 2.05) is 19.1 Å². The molecular formula is C15H23ClN2O2S. The van der Waals surface area contributed by atoms with Crippen molar-refractivity contribution in [1.82, 2.24) is 0 Å². The Hall–Kier alpha value is -0.940. The standard InChI is InChI=1S/C15H23ClN2O2S/c1-13-12-14(18-9-3-4-10-18)6-7-15(13)17-21(19,20)11-5-2-8-16/h6-7,12,17H,2-5,8-11H2,1H3. The minimum absolute atomic E-state index is 0.118. The Morgan fingerprint density at radius 1 is 1.24 bits per heavy atom. The van der Waals surface area contributed by atoms with Crippen molar-refractivity contribution in [2.45, 2.75) is 32.6 Å². The molecule has 0 bridgehead atoms. The fourth-order valence-electron chi connectivity index (χ4n) is 2.54. The second kappa shape index (κ2) is 7.36. The summed E-state index contributed by atoms with van der Waals surface area (Å²) in [4.78, 5) is 2.34. The van der Waals surface area contributed by atoms with Crippen molar-refractivity contribution in [2.75, 3.05) is 34.3 Å². The smallest absolute Gasteiger partial charge is 0.232 e. The van der Waals surface area contributed by atoms with E-state index in [2.05, 4.69) is 15.7 Å². The molecule has 0 atom stereocenters. The molecular weight excluding hydrogens is 308 g/mol. The molecule has 118 valence electrons. The van der Waals surface area contributed by atoms with Crippen molar-refractivity contribution in [2.24, 2.45) is 0 Å². The molecule has 4 nitrogen and oxygen atoms in total. The van der Waals surface area contributed by atoms with E-state index >= 15 is 0 Å². The van der Waals surface area contributed by atoms with Crippen molar-refractivity contribution >= 4 is 33.0 Å². The molecule has 0 aliphatic carbocycles. The Balaban J connectivity index is 2.03. The highest BCUT2D eigenvalue weighted by atomic mass is 35.5. The number of hydrogen-bond donors (Lipinski definition) is 1. The van der Waals surface area contributed by atoms with Crippen LogP contribution in [0.4, 0.5) is 11.4 Å². The van der Waals surface area contributed by atoms with Crippen LogP contribution >= 0.6 is 11.6 Å². The van der Waals surface area contributed by atoms with Gasteiger partial charge in [-0.3, -0.25) is 4.72 Å². The molecule has 0 aromatic heterocycles. The van der Waals surface area contributed by atoms with E-state index in [1.165, 1.54) is 18.5 Å². The maximum Gasteiger partial charge on any atom is 0.232 e. The third-order valence-corrected chi connectivity index (χ3v) is 5.37. The largest absolute Gasteiger partial charge is 0.372 e. The van der Waals surface area contributed by atoms with Gasteiger partial charge in [-0.05, 0) is 56.4 Å². The number of nitrogens with zero attached hydrogens (tertiary/aromatic N) is 1. The van der Waals surface area contributed by atoms with Crippen LogP contribution in [-0.4, -0.2) is 33.1 Å². The summed E-state index contributed by atoms with van der Waals surface area (Å²) in [6, 6.07) is 5.92. The van der Waals surface area contributed by atoms with Crippen molar-refractivity contribution < 1.29 is 8.42 Å². The van der Waals surface area contributed by atoms with Crippen molar-refractivity contribution in [3.8, 4) is 0 Å². The highest BCUT2D eigenvalue weighted by Crippen LogP contribution is 2.26.